The quantitative estimate of drug-likeness (QED) is 0.606. The van der Waals surface area contributed by atoms with Crippen molar-refractivity contribution in [2.24, 2.45) is 0 Å². The topological polar surface area (TPSA) is 12.0 Å². The number of thioether (sulfide) groups is 1. The zero-order chi connectivity index (χ0) is 6.81. The van der Waals surface area contributed by atoms with E-state index < -0.39 is 0 Å². The minimum atomic E-state index is 1.15. The number of fused-ring (bicyclic) bond motifs is 1. The first-order valence-corrected chi connectivity index (χ1v) is 3.93. The Morgan fingerprint density at radius 1 is 1.50 bits per heavy atom. The van der Waals surface area contributed by atoms with Crippen LogP contribution in [0.3, 0.4) is 0 Å². The van der Waals surface area contributed by atoms with Gasteiger partial charge in [0.2, 0.25) is 0 Å². The molecular formula is C8H6NS. The van der Waals surface area contributed by atoms with Gasteiger partial charge >= 0.3 is 0 Å². The fourth-order valence-electron chi connectivity index (χ4n) is 0.863. The summed E-state index contributed by atoms with van der Waals surface area (Å²) in [6.07, 6.45) is 1.93. The number of hydrogen-bond donors (Lipinski definition) is 1. The van der Waals surface area contributed by atoms with E-state index in [1.807, 2.05) is 23.7 Å². The second kappa shape index (κ2) is 2.39. The molecule has 0 spiro atoms. The number of rotatable bonds is 0. The summed E-state index contributed by atoms with van der Waals surface area (Å²) in [6, 6.07) is 8.94. The van der Waals surface area contributed by atoms with Gasteiger partial charge in [-0.25, -0.2) is 0 Å². The summed E-state index contributed by atoms with van der Waals surface area (Å²) in [6.45, 7) is 0. The van der Waals surface area contributed by atoms with Crippen LogP contribution in [0.15, 0.2) is 34.7 Å². The lowest BCUT2D eigenvalue weighted by atomic mass is 10.3. The van der Waals surface area contributed by atoms with E-state index in [0.717, 1.165) is 5.69 Å². The molecule has 10 heavy (non-hydrogen) atoms. The molecule has 0 saturated carbocycles. The minimum absolute atomic E-state index is 1.15. The van der Waals surface area contributed by atoms with Crippen LogP contribution < -0.4 is 5.32 Å². The standard InChI is InChI=1S/C8H6NS/c1-2-4-8-7(3-1)9-5-6-10-8/h2-6,9H. The first-order valence-electron chi connectivity index (χ1n) is 3.05. The molecule has 1 nitrogen and oxygen atoms in total. The number of nitrogens with one attached hydrogen (secondary N) is 1. The molecule has 0 fully saturated rings. The van der Waals surface area contributed by atoms with Crippen LogP contribution in [-0.4, -0.2) is 0 Å². The summed E-state index contributed by atoms with van der Waals surface area (Å²) in [7, 11) is 0. The van der Waals surface area contributed by atoms with Crippen molar-refractivity contribution >= 4 is 17.4 Å². The van der Waals surface area contributed by atoms with E-state index in [1.54, 1.807) is 11.8 Å². The van der Waals surface area contributed by atoms with E-state index in [1.165, 1.54) is 4.90 Å². The molecule has 1 aromatic carbocycles. The average molecular weight is 148 g/mol. The molecule has 49 valence electrons. The lowest BCUT2D eigenvalue weighted by molar-refractivity contribution is 1.41. The van der Waals surface area contributed by atoms with Gasteiger partial charge < -0.3 is 5.32 Å². The van der Waals surface area contributed by atoms with Gasteiger partial charge in [0, 0.05) is 11.1 Å². The Balaban J connectivity index is 2.47. The van der Waals surface area contributed by atoms with Crippen molar-refractivity contribution in [1.29, 1.82) is 0 Å². The molecule has 0 unspecified atom stereocenters. The number of hydrogen-bond acceptors (Lipinski definition) is 2. The highest BCUT2D eigenvalue weighted by molar-refractivity contribution is 8.02. The van der Waals surface area contributed by atoms with Gasteiger partial charge in [-0.15, -0.1) is 0 Å². The summed E-state index contributed by atoms with van der Waals surface area (Å²) in [5, 5.41) is 5.16. The third-order valence-electron chi connectivity index (χ3n) is 1.33. The second-order valence-electron chi connectivity index (χ2n) is 1.99. The molecule has 0 aliphatic carbocycles. The third-order valence-corrected chi connectivity index (χ3v) is 2.21. The van der Waals surface area contributed by atoms with Gasteiger partial charge in [-0.2, -0.15) is 0 Å². The van der Waals surface area contributed by atoms with E-state index >= 15 is 0 Å². The zero-order valence-corrected chi connectivity index (χ0v) is 6.11. The predicted molar refractivity (Wildman–Crippen MR) is 43.9 cm³/mol. The van der Waals surface area contributed by atoms with E-state index in [4.69, 9.17) is 0 Å². The molecule has 1 aliphatic rings. The van der Waals surface area contributed by atoms with Gasteiger partial charge in [-0.3, -0.25) is 0 Å². The van der Waals surface area contributed by atoms with E-state index in [2.05, 4.69) is 17.4 Å². The fraction of sp³-hybridized carbons (Fsp3) is 0. The van der Waals surface area contributed by atoms with Crippen molar-refractivity contribution in [2.45, 2.75) is 4.90 Å². The maximum atomic E-state index is 3.13. The highest BCUT2D eigenvalue weighted by Crippen LogP contribution is 2.30. The Kier molecular flexibility index (Phi) is 1.40. The van der Waals surface area contributed by atoms with Crippen molar-refractivity contribution in [2.75, 3.05) is 5.32 Å². The highest BCUT2D eigenvalue weighted by Gasteiger charge is 2.01. The zero-order valence-electron chi connectivity index (χ0n) is 5.29. The van der Waals surface area contributed by atoms with Crippen molar-refractivity contribution in [3.63, 3.8) is 0 Å². The van der Waals surface area contributed by atoms with Crippen molar-refractivity contribution < 1.29 is 0 Å². The lowest BCUT2D eigenvalue weighted by Gasteiger charge is -2.09. The van der Waals surface area contributed by atoms with E-state index in [-0.39, 0.29) is 0 Å². The van der Waals surface area contributed by atoms with Crippen molar-refractivity contribution in [1.82, 2.24) is 0 Å². The van der Waals surface area contributed by atoms with Gasteiger partial charge in [0.25, 0.3) is 0 Å². The van der Waals surface area contributed by atoms with Crippen LogP contribution >= 0.6 is 11.8 Å². The molecule has 0 bridgehead atoms. The monoisotopic (exact) mass is 148 g/mol. The maximum Gasteiger partial charge on any atom is 0.0527 e. The number of anilines is 1. The van der Waals surface area contributed by atoms with Crippen LogP contribution in [0.1, 0.15) is 0 Å². The van der Waals surface area contributed by atoms with Crippen LogP contribution in [0.4, 0.5) is 5.69 Å². The van der Waals surface area contributed by atoms with Crippen LogP contribution in [0.25, 0.3) is 0 Å². The van der Waals surface area contributed by atoms with Gasteiger partial charge in [0.05, 0.1) is 5.69 Å². The fourth-order valence-corrected chi connectivity index (χ4v) is 1.54. The van der Waals surface area contributed by atoms with Crippen molar-refractivity contribution in [3.05, 3.63) is 35.9 Å². The Hall–Kier alpha value is -0.890. The van der Waals surface area contributed by atoms with Crippen LogP contribution in [0, 0.1) is 6.07 Å². The molecule has 0 atom stereocenters. The molecule has 0 aromatic heterocycles. The third kappa shape index (κ3) is 0.907. The average Bonchev–Trinajstić information content (AvgIpc) is 2.05. The minimum Gasteiger partial charge on any atom is -0.360 e. The summed E-state index contributed by atoms with van der Waals surface area (Å²) < 4.78 is 0. The van der Waals surface area contributed by atoms with Crippen LogP contribution in [0.2, 0.25) is 0 Å². The summed E-state index contributed by atoms with van der Waals surface area (Å²) in [4.78, 5) is 1.27. The first-order chi connectivity index (χ1) is 4.97. The van der Waals surface area contributed by atoms with Crippen molar-refractivity contribution in [3.8, 4) is 0 Å². The molecule has 1 radical (unpaired) electrons. The predicted octanol–water partition coefficient (Wildman–Crippen LogP) is 2.48. The molecule has 1 heterocycles. The molecule has 1 aromatic rings. The molecule has 2 rings (SSSR count). The Labute approximate surface area is 64.1 Å². The normalized spacial score (nSPS) is 14.0. The maximum absolute atomic E-state index is 3.13. The summed E-state index contributed by atoms with van der Waals surface area (Å²) in [5.41, 5.74) is 1.15. The summed E-state index contributed by atoms with van der Waals surface area (Å²) in [5.74, 6) is 0. The van der Waals surface area contributed by atoms with Crippen LogP contribution in [0.5, 0.6) is 0 Å². The first kappa shape index (κ1) is 5.86. The van der Waals surface area contributed by atoms with E-state index in [9.17, 15) is 0 Å². The molecule has 1 N–H and O–H groups in total. The SMILES string of the molecule is [c]1ccc2c(c1)NC=CS2. The highest BCUT2D eigenvalue weighted by atomic mass is 32.2. The van der Waals surface area contributed by atoms with Gasteiger partial charge in [0.15, 0.2) is 0 Å². The van der Waals surface area contributed by atoms with Gasteiger partial charge in [0.1, 0.15) is 0 Å². The molecule has 1 aliphatic heterocycles. The largest absolute Gasteiger partial charge is 0.360 e. The molecule has 0 saturated heterocycles. The lowest BCUT2D eigenvalue weighted by Crippen LogP contribution is -1.91. The van der Waals surface area contributed by atoms with Gasteiger partial charge in [-0.05, 0) is 23.6 Å². The molecule has 0 amide bonds. The summed E-state index contributed by atoms with van der Waals surface area (Å²) >= 11 is 1.73. The van der Waals surface area contributed by atoms with Gasteiger partial charge in [-0.1, -0.05) is 17.8 Å². The smallest absolute Gasteiger partial charge is 0.0527 e. The van der Waals surface area contributed by atoms with E-state index in [0.29, 0.717) is 0 Å². The Bertz CT molecular complexity index is 241. The molecular weight excluding hydrogens is 142 g/mol. The van der Waals surface area contributed by atoms with Crippen LogP contribution in [-0.2, 0) is 0 Å². The molecule has 2 heteroatoms. The number of benzene rings is 1. The second-order valence-corrected chi connectivity index (χ2v) is 2.93. The Morgan fingerprint density at radius 3 is 3.40 bits per heavy atom. The Morgan fingerprint density at radius 2 is 2.50 bits per heavy atom.